The Morgan fingerprint density at radius 1 is 0.809 bits per heavy atom. The summed E-state index contributed by atoms with van der Waals surface area (Å²) in [7, 11) is 0. The van der Waals surface area contributed by atoms with Crippen LogP contribution in [0, 0.1) is 22.7 Å². The highest BCUT2D eigenvalue weighted by atomic mass is 14.7. The van der Waals surface area contributed by atoms with Gasteiger partial charge in [0.15, 0.2) is 0 Å². The summed E-state index contributed by atoms with van der Waals surface area (Å²) in [6.45, 7) is 1.95. The fraction of sp³-hybridized carbons (Fsp3) is 0.0476. The van der Waals surface area contributed by atoms with Gasteiger partial charge < -0.3 is 5.73 Å². The summed E-state index contributed by atoms with van der Waals surface area (Å²) >= 11 is 0. The van der Waals surface area contributed by atoms with Crippen LogP contribution in [0.1, 0.15) is 29.4 Å². The predicted molar refractivity (Wildman–Crippen MR) is 192 cm³/mol. The number of allylic oxidation sites excluding steroid dienone is 7. The summed E-state index contributed by atoms with van der Waals surface area (Å²) < 4.78 is 0. The fourth-order valence-corrected chi connectivity index (χ4v) is 5.89. The van der Waals surface area contributed by atoms with Crippen molar-refractivity contribution in [2.45, 2.75) is 13.3 Å². The highest BCUT2D eigenvalue weighted by Crippen LogP contribution is 2.41. The molecule has 0 aliphatic carbocycles. The van der Waals surface area contributed by atoms with Gasteiger partial charge in [0.05, 0.1) is 17.5 Å². The topological polar surface area (TPSA) is 99.4 Å². The molecule has 0 aliphatic rings. The molecule has 5 heteroatoms. The highest BCUT2D eigenvalue weighted by Gasteiger charge is 2.17. The number of hydrogen-bond acceptors (Lipinski definition) is 5. The molecule has 0 saturated heterocycles. The van der Waals surface area contributed by atoms with Crippen LogP contribution in [-0.4, -0.2) is 9.97 Å². The number of aromatic nitrogens is 2. The quantitative estimate of drug-likeness (QED) is 0.106. The van der Waals surface area contributed by atoms with Gasteiger partial charge in [0, 0.05) is 29.1 Å². The van der Waals surface area contributed by atoms with Crippen molar-refractivity contribution in [2.75, 3.05) is 0 Å². The summed E-state index contributed by atoms with van der Waals surface area (Å²) in [5, 5.41) is 22.9. The number of hydrogen-bond donors (Lipinski definition) is 1. The molecule has 0 amide bonds. The fourth-order valence-electron chi connectivity index (χ4n) is 5.89. The third-order valence-corrected chi connectivity index (χ3v) is 8.13. The van der Waals surface area contributed by atoms with E-state index in [2.05, 4.69) is 96.0 Å². The lowest BCUT2D eigenvalue weighted by Gasteiger charge is -2.18. The first-order valence-electron chi connectivity index (χ1n) is 15.3. The maximum absolute atomic E-state index is 9.22. The van der Waals surface area contributed by atoms with Crippen LogP contribution < -0.4 is 5.73 Å². The molecule has 4 aromatic carbocycles. The van der Waals surface area contributed by atoms with Crippen LogP contribution in [0.15, 0.2) is 146 Å². The van der Waals surface area contributed by atoms with Crippen LogP contribution in [0.5, 0.6) is 0 Å². The van der Waals surface area contributed by atoms with E-state index in [1.54, 1.807) is 24.4 Å². The van der Waals surface area contributed by atoms with Crippen molar-refractivity contribution in [3.05, 3.63) is 168 Å². The number of nitriles is 2. The molecule has 6 aromatic rings. The smallest absolute Gasteiger partial charge is 0.141 e. The summed E-state index contributed by atoms with van der Waals surface area (Å²) in [5.74, 6) is 0. The SMILES string of the molecule is C/C=C(\C=C/C#N)c1cccc(-c2c3ccccc3c(C/C=C\C=C(/N)c3ccnc(C#N)c3)c3cc(-c4ccccc4)ccc23)n1. The molecule has 5 nitrogen and oxygen atoms in total. The van der Waals surface area contributed by atoms with Gasteiger partial charge in [-0.1, -0.05) is 91.0 Å². The number of rotatable bonds is 8. The lowest BCUT2D eigenvalue weighted by atomic mass is 9.87. The van der Waals surface area contributed by atoms with Gasteiger partial charge in [-0.2, -0.15) is 10.5 Å². The van der Waals surface area contributed by atoms with Crippen LogP contribution in [0.25, 0.3) is 55.2 Å². The van der Waals surface area contributed by atoms with Gasteiger partial charge in [0.2, 0.25) is 0 Å². The molecule has 0 radical (unpaired) electrons. The number of pyridine rings is 2. The molecule has 0 aliphatic heterocycles. The van der Waals surface area contributed by atoms with Gasteiger partial charge in [-0.05, 0) is 99.6 Å². The van der Waals surface area contributed by atoms with E-state index in [1.807, 2.05) is 43.4 Å². The molecule has 6 rings (SSSR count). The Morgan fingerprint density at radius 3 is 2.38 bits per heavy atom. The molecule has 0 spiro atoms. The van der Waals surface area contributed by atoms with Crippen LogP contribution in [0.3, 0.4) is 0 Å². The Balaban J connectivity index is 1.52. The molecule has 2 N–H and O–H groups in total. The third kappa shape index (κ3) is 6.47. The second kappa shape index (κ2) is 14.0. The lowest BCUT2D eigenvalue weighted by molar-refractivity contribution is 1.25. The van der Waals surface area contributed by atoms with E-state index in [4.69, 9.17) is 16.0 Å². The maximum atomic E-state index is 9.22. The molecule has 0 bridgehead atoms. The van der Waals surface area contributed by atoms with Crippen molar-refractivity contribution >= 4 is 32.8 Å². The largest absolute Gasteiger partial charge is 0.398 e. The normalized spacial score (nSPS) is 12.1. The van der Waals surface area contributed by atoms with Gasteiger partial charge in [0.1, 0.15) is 11.8 Å². The zero-order valence-corrected chi connectivity index (χ0v) is 25.9. The standard InChI is InChI=1S/C42H31N5/c1-2-29(14-11-24-43)40-19-10-20-41(47-40)42-36-17-7-6-15-34(36)35(16-8-9-18-39(45)32-23-25-46-33(26-32)28-44)38-27-31(21-22-37(38)42)30-12-4-3-5-13-30/h2-15,17-23,25-27H,16,45H2,1H3/b9-8-,14-11-,29-2+,39-18-. The molecular formula is C42H31N5. The van der Waals surface area contributed by atoms with Crippen molar-refractivity contribution in [3.63, 3.8) is 0 Å². The Hall–Kier alpha value is -6.56. The molecule has 2 aromatic heterocycles. The third-order valence-electron chi connectivity index (χ3n) is 8.13. The van der Waals surface area contributed by atoms with E-state index in [0.717, 1.165) is 60.8 Å². The van der Waals surface area contributed by atoms with Crippen molar-refractivity contribution < 1.29 is 0 Å². The molecule has 47 heavy (non-hydrogen) atoms. The minimum atomic E-state index is 0.329. The first kappa shape index (κ1) is 30.5. The second-order valence-electron chi connectivity index (χ2n) is 10.9. The maximum Gasteiger partial charge on any atom is 0.141 e. The number of nitrogens with two attached hydrogens (primary N) is 1. The first-order valence-corrected chi connectivity index (χ1v) is 15.3. The zero-order chi connectivity index (χ0) is 32.6. The molecular weight excluding hydrogens is 574 g/mol. The average molecular weight is 606 g/mol. The van der Waals surface area contributed by atoms with E-state index in [9.17, 15) is 5.26 Å². The zero-order valence-electron chi connectivity index (χ0n) is 25.9. The minimum absolute atomic E-state index is 0.329. The molecule has 2 heterocycles. The van der Waals surface area contributed by atoms with Gasteiger partial charge >= 0.3 is 0 Å². The summed E-state index contributed by atoms with van der Waals surface area (Å²) in [5.41, 5.74) is 15.1. The summed E-state index contributed by atoms with van der Waals surface area (Å²) in [6.07, 6.45) is 13.5. The van der Waals surface area contributed by atoms with Crippen molar-refractivity contribution in [3.8, 4) is 34.5 Å². The van der Waals surface area contributed by atoms with Gasteiger partial charge in [-0.25, -0.2) is 9.97 Å². The Bertz CT molecular complexity index is 2310. The molecule has 0 fully saturated rings. The first-order chi connectivity index (χ1) is 23.1. The average Bonchev–Trinajstić information content (AvgIpc) is 3.13. The molecule has 224 valence electrons. The Labute approximate surface area is 274 Å². The predicted octanol–water partition coefficient (Wildman–Crippen LogP) is 9.57. The van der Waals surface area contributed by atoms with Crippen molar-refractivity contribution in [1.82, 2.24) is 9.97 Å². The van der Waals surface area contributed by atoms with Crippen LogP contribution in [0.2, 0.25) is 0 Å². The Morgan fingerprint density at radius 2 is 1.60 bits per heavy atom. The lowest BCUT2D eigenvalue weighted by Crippen LogP contribution is -1.97. The Kier molecular flexibility index (Phi) is 9.10. The van der Waals surface area contributed by atoms with Gasteiger partial charge in [-0.15, -0.1) is 0 Å². The van der Waals surface area contributed by atoms with Crippen molar-refractivity contribution in [2.24, 2.45) is 5.73 Å². The molecule has 0 saturated carbocycles. The number of fused-ring (bicyclic) bond motifs is 2. The summed E-state index contributed by atoms with van der Waals surface area (Å²) in [6, 6.07) is 39.3. The molecule has 0 atom stereocenters. The monoisotopic (exact) mass is 605 g/mol. The second-order valence-corrected chi connectivity index (χ2v) is 10.9. The van der Waals surface area contributed by atoms with E-state index in [1.165, 1.54) is 11.6 Å². The number of nitrogens with zero attached hydrogens (tertiary/aromatic N) is 4. The van der Waals surface area contributed by atoms with Gasteiger partial charge in [0.25, 0.3) is 0 Å². The van der Waals surface area contributed by atoms with Crippen LogP contribution in [-0.2, 0) is 6.42 Å². The van der Waals surface area contributed by atoms with Crippen LogP contribution >= 0.6 is 0 Å². The van der Waals surface area contributed by atoms with E-state index >= 15 is 0 Å². The van der Waals surface area contributed by atoms with Crippen LogP contribution in [0.4, 0.5) is 0 Å². The van der Waals surface area contributed by atoms with E-state index in [-0.39, 0.29) is 0 Å². The summed E-state index contributed by atoms with van der Waals surface area (Å²) in [4.78, 5) is 9.16. The van der Waals surface area contributed by atoms with E-state index in [0.29, 0.717) is 17.8 Å². The van der Waals surface area contributed by atoms with Crippen molar-refractivity contribution in [1.29, 1.82) is 10.5 Å². The van der Waals surface area contributed by atoms with E-state index < -0.39 is 0 Å². The molecule has 0 unspecified atom stereocenters. The highest BCUT2D eigenvalue weighted by molar-refractivity contribution is 6.15. The minimum Gasteiger partial charge on any atom is -0.398 e. The van der Waals surface area contributed by atoms with Gasteiger partial charge in [-0.3, -0.25) is 0 Å². The number of benzene rings is 4.